The fraction of sp³-hybridized carbons (Fsp3) is 0.250. The number of carbonyl (C=O) groups excluding carboxylic acids is 2. The van der Waals surface area contributed by atoms with Gasteiger partial charge in [-0.05, 0) is 13.0 Å². The topological polar surface area (TPSA) is 98.2 Å². The fourth-order valence-electron chi connectivity index (χ4n) is 0.342. The monoisotopic (exact) mass is 185 g/mol. The summed E-state index contributed by atoms with van der Waals surface area (Å²) in [5, 5.41) is 2.60. The van der Waals surface area contributed by atoms with Crippen molar-refractivity contribution in [3.63, 3.8) is 0 Å². The van der Waals surface area contributed by atoms with Crippen LogP contribution in [0.1, 0.15) is 6.92 Å². The van der Waals surface area contributed by atoms with Crippen molar-refractivity contribution in [3.8, 4) is 0 Å². The van der Waals surface area contributed by atoms with Crippen LogP contribution in [0.2, 0.25) is 0 Å². The minimum absolute atomic E-state index is 0.0236. The van der Waals surface area contributed by atoms with E-state index in [9.17, 15) is 4.79 Å². The van der Waals surface area contributed by atoms with Crippen molar-refractivity contribution in [2.24, 2.45) is 11.5 Å². The second kappa shape index (κ2) is 8.32. The third-order valence-electron chi connectivity index (χ3n) is 0.909. The Labute approximate surface area is 77.5 Å². The maximum atomic E-state index is 10.5. The molecule has 74 valence electrons. The highest BCUT2D eigenvalue weighted by Gasteiger charge is 1.96. The van der Waals surface area contributed by atoms with E-state index in [2.05, 4.69) is 29.9 Å². The maximum Gasteiger partial charge on any atom is 0.309 e. The van der Waals surface area contributed by atoms with Crippen molar-refractivity contribution in [1.29, 1.82) is 0 Å². The molecule has 0 aromatic heterocycles. The summed E-state index contributed by atoms with van der Waals surface area (Å²) < 4.78 is 0. The summed E-state index contributed by atoms with van der Waals surface area (Å²) in [5.74, 6) is -0.164. The standard InChI is InChI=1S/C7H11NO.CH4N2O/c1-4-6(3)8-7(9)5-2;2-1(3)4/h4-6H,1-2H2,3H3,(H,8,9);(H4,2,3,4). The van der Waals surface area contributed by atoms with Crippen LogP contribution >= 0.6 is 0 Å². The molecule has 1 atom stereocenters. The Balaban J connectivity index is 0. The van der Waals surface area contributed by atoms with Crippen LogP contribution in [-0.2, 0) is 4.79 Å². The maximum absolute atomic E-state index is 10.5. The van der Waals surface area contributed by atoms with Crippen LogP contribution < -0.4 is 16.8 Å². The Bertz CT molecular complexity index is 198. The average molecular weight is 185 g/mol. The van der Waals surface area contributed by atoms with Gasteiger partial charge in [-0.15, -0.1) is 6.58 Å². The van der Waals surface area contributed by atoms with Crippen LogP contribution in [0, 0.1) is 0 Å². The van der Waals surface area contributed by atoms with Crippen LogP contribution in [-0.4, -0.2) is 18.0 Å². The fourth-order valence-corrected chi connectivity index (χ4v) is 0.342. The van der Waals surface area contributed by atoms with Gasteiger partial charge in [0.15, 0.2) is 0 Å². The highest BCUT2D eigenvalue weighted by molar-refractivity contribution is 5.87. The zero-order chi connectivity index (χ0) is 10.9. The molecule has 0 aliphatic carbocycles. The van der Waals surface area contributed by atoms with Gasteiger partial charge in [-0.3, -0.25) is 4.79 Å². The van der Waals surface area contributed by atoms with Crippen LogP contribution in [0.5, 0.6) is 0 Å². The summed E-state index contributed by atoms with van der Waals surface area (Å²) >= 11 is 0. The van der Waals surface area contributed by atoms with Crippen molar-refractivity contribution < 1.29 is 9.59 Å². The number of carbonyl (C=O) groups is 2. The van der Waals surface area contributed by atoms with Crippen LogP contribution in [0.3, 0.4) is 0 Å². The smallest absolute Gasteiger partial charge is 0.309 e. The van der Waals surface area contributed by atoms with E-state index >= 15 is 0 Å². The molecule has 0 aliphatic heterocycles. The molecule has 0 saturated heterocycles. The molecule has 0 spiro atoms. The van der Waals surface area contributed by atoms with E-state index in [0.29, 0.717) is 0 Å². The Morgan fingerprint density at radius 1 is 1.38 bits per heavy atom. The molecule has 0 aromatic carbocycles. The molecule has 0 bridgehead atoms. The van der Waals surface area contributed by atoms with E-state index in [1.165, 1.54) is 6.08 Å². The van der Waals surface area contributed by atoms with E-state index in [-0.39, 0.29) is 11.9 Å². The van der Waals surface area contributed by atoms with Crippen LogP contribution in [0.25, 0.3) is 0 Å². The molecule has 1 unspecified atom stereocenters. The Kier molecular flexibility index (Phi) is 8.82. The Morgan fingerprint density at radius 2 is 1.77 bits per heavy atom. The first kappa shape index (κ1) is 13.8. The Morgan fingerprint density at radius 3 is 2.00 bits per heavy atom. The second-order valence-corrected chi connectivity index (χ2v) is 2.14. The number of nitrogens with two attached hydrogens (primary N) is 2. The van der Waals surface area contributed by atoms with Crippen molar-refractivity contribution in [2.75, 3.05) is 0 Å². The van der Waals surface area contributed by atoms with Crippen molar-refractivity contribution >= 4 is 11.9 Å². The SMILES string of the molecule is C=CC(=O)NC(C)C=C.NC(N)=O. The predicted octanol–water partition coefficient (Wildman–Crippen LogP) is -0.113. The lowest BCUT2D eigenvalue weighted by Gasteiger charge is -2.04. The van der Waals surface area contributed by atoms with Crippen molar-refractivity contribution in [2.45, 2.75) is 13.0 Å². The van der Waals surface area contributed by atoms with Crippen molar-refractivity contribution in [3.05, 3.63) is 25.3 Å². The lowest BCUT2D eigenvalue weighted by Crippen LogP contribution is -2.28. The highest BCUT2D eigenvalue weighted by Crippen LogP contribution is 1.80. The largest absolute Gasteiger partial charge is 0.352 e. The molecule has 5 nitrogen and oxygen atoms in total. The van der Waals surface area contributed by atoms with Gasteiger partial charge in [0.25, 0.3) is 0 Å². The van der Waals surface area contributed by atoms with Gasteiger partial charge in [0.2, 0.25) is 5.91 Å². The third-order valence-corrected chi connectivity index (χ3v) is 0.909. The van der Waals surface area contributed by atoms with E-state index in [1.807, 2.05) is 6.92 Å². The second-order valence-electron chi connectivity index (χ2n) is 2.14. The van der Waals surface area contributed by atoms with Gasteiger partial charge < -0.3 is 16.8 Å². The molecule has 0 fully saturated rings. The molecule has 5 N–H and O–H groups in total. The molecule has 0 aromatic rings. The Hall–Kier alpha value is -1.78. The summed E-state index contributed by atoms with van der Waals surface area (Å²) in [4.78, 5) is 19.5. The number of hydrogen-bond donors (Lipinski definition) is 3. The molecule has 3 amide bonds. The van der Waals surface area contributed by atoms with Crippen LogP contribution in [0.15, 0.2) is 25.3 Å². The van der Waals surface area contributed by atoms with E-state index < -0.39 is 6.03 Å². The van der Waals surface area contributed by atoms with Gasteiger partial charge in [0.05, 0.1) is 0 Å². The summed E-state index contributed by atoms with van der Waals surface area (Å²) in [6.07, 6.45) is 2.89. The molecular formula is C8H15N3O2. The normalized spacial score (nSPS) is 9.92. The molecule has 0 aliphatic rings. The number of hydrogen-bond acceptors (Lipinski definition) is 2. The number of rotatable bonds is 3. The highest BCUT2D eigenvalue weighted by atomic mass is 16.2. The van der Waals surface area contributed by atoms with E-state index in [0.717, 1.165) is 0 Å². The average Bonchev–Trinajstić information content (AvgIpc) is 2.03. The summed E-state index contributed by atoms with van der Waals surface area (Å²) in [6, 6.07) is -0.810. The minimum atomic E-state index is -0.833. The van der Waals surface area contributed by atoms with Gasteiger partial charge in [-0.2, -0.15) is 0 Å². The van der Waals surface area contributed by atoms with Crippen LogP contribution in [0.4, 0.5) is 4.79 Å². The first-order valence-corrected chi connectivity index (χ1v) is 3.54. The molecule has 13 heavy (non-hydrogen) atoms. The van der Waals surface area contributed by atoms with E-state index in [4.69, 9.17) is 4.79 Å². The molecule has 0 rings (SSSR count). The summed E-state index contributed by atoms with van der Waals surface area (Å²) in [6.45, 7) is 8.64. The van der Waals surface area contributed by atoms with Crippen molar-refractivity contribution in [1.82, 2.24) is 5.32 Å². The van der Waals surface area contributed by atoms with Gasteiger partial charge in [0, 0.05) is 6.04 Å². The first-order valence-electron chi connectivity index (χ1n) is 3.54. The summed E-state index contributed by atoms with van der Waals surface area (Å²) in [5.41, 5.74) is 8.50. The number of nitrogens with one attached hydrogen (secondary N) is 1. The van der Waals surface area contributed by atoms with Gasteiger partial charge in [0.1, 0.15) is 0 Å². The molecule has 0 saturated carbocycles. The van der Waals surface area contributed by atoms with Gasteiger partial charge in [-0.1, -0.05) is 12.7 Å². The molecular weight excluding hydrogens is 170 g/mol. The third kappa shape index (κ3) is 17.8. The molecule has 0 radical (unpaired) electrons. The lowest BCUT2D eigenvalue weighted by atomic mass is 10.3. The number of urea groups is 1. The number of amides is 3. The van der Waals surface area contributed by atoms with Gasteiger partial charge >= 0.3 is 6.03 Å². The lowest BCUT2D eigenvalue weighted by molar-refractivity contribution is -0.116. The molecule has 5 heteroatoms. The quantitative estimate of drug-likeness (QED) is 0.422. The zero-order valence-electron chi connectivity index (χ0n) is 7.62. The zero-order valence-corrected chi connectivity index (χ0v) is 7.62. The first-order chi connectivity index (χ1) is 5.93. The summed E-state index contributed by atoms with van der Waals surface area (Å²) in [7, 11) is 0. The predicted molar refractivity (Wildman–Crippen MR) is 51.8 cm³/mol. The van der Waals surface area contributed by atoms with E-state index in [1.54, 1.807) is 6.08 Å². The van der Waals surface area contributed by atoms with Gasteiger partial charge in [-0.25, -0.2) is 4.79 Å². The molecule has 0 heterocycles. The number of primary amides is 2. The minimum Gasteiger partial charge on any atom is -0.352 e.